The Morgan fingerprint density at radius 3 is 2.25 bits per heavy atom. The molecule has 1 aliphatic heterocycles. The van der Waals surface area contributed by atoms with Crippen molar-refractivity contribution in [2.75, 3.05) is 25.5 Å². The van der Waals surface area contributed by atoms with Gasteiger partial charge in [0.1, 0.15) is 11.6 Å². The summed E-state index contributed by atoms with van der Waals surface area (Å²) in [6.45, 7) is 0.836. The maximum absolute atomic E-state index is 13.4. The van der Waals surface area contributed by atoms with E-state index >= 15 is 0 Å². The van der Waals surface area contributed by atoms with Gasteiger partial charge in [-0.05, 0) is 49.9 Å². The second-order valence-corrected chi connectivity index (χ2v) is 10.2. The van der Waals surface area contributed by atoms with Crippen molar-refractivity contribution < 1.29 is 22.0 Å². The molecule has 1 saturated carbocycles. The van der Waals surface area contributed by atoms with E-state index in [0.717, 1.165) is 18.9 Å². The molecular weight excluding hydrogens is 438 g/mol. The van der Waals surface area contributed by atoms with E-state index in [9.17, 15) is 22.0 Å². The summed E-state index contributed by atoms with van der Waals surface area (Å²) in [5, 5.41) is 2.54. The number of aromatic nitrogens is 1. The minimum Gasteiger partial charge on any atom is -0.325 e. The van der Waals surface area contributed by atoms with Crippen molar-refractivity contribution in [2.24, 2.45) is 0 Å². The number of rotatable bonds is 5. The Bertz CT molecular complexity index is 1050. The van der Waals surface area contributed by atoms with Gasteiger partial charge in [-0.2, -0.15) is 0 Å². The van der Waals surface area contributed by atoms with Crippen LogP contribution in [0.15, 0.2) is 36.5 Å². The van der Waals surface area contributed by atoms with Crippen molar-refractivity contribution in [3.63, 3.8) is 0 Å². The van der Waals surface area contributed by atoms with Crippen LogP contribution in [-0.2, 0) is 10.0 Å². The van der Waals surface area contributed by atoms with Crippen LogP contribution < -0.4 is 5.32 Å². The van der Waals surface area contributed by atoms with Crippen molar-refractivity contribution in [2.45, 2.75) is 44.4 Å². The predicted octanol–water partition coefficient (Wildman–Crippen LogP) is 4.08. The minimum atomic E-state index is -3.18. The third-order valence-electron chi connectivity index (χ3n) is 5.77. The Hall–Kier alpha value is -2.59. The van der Waals surface area contributed by atoms with Gasteiger partial charge in [0.15, 0.2) is 0 Å². The van der Waals surface area contributed by atoms with Crippen LogP contribution in [0, 0.1) is 11.6 Å². The number of amides is 2. The normalized spacial score (nSPS) is 17.5. The molecule has 0 unspecified atom stereocenters. The summed E-state index contributed by atoms with van der Waals surface area (Å²) in [5.41, 5.74) is 1.14. The largest absolute Gasteiger partial charge is 0.325 e. The van der Waals surface area contributed by atoms with Gasteiger partial charge in [-0.3, -0.25) is 4.98 Å². The molecule has 32 heavy (non-hydrogen) atoms. The zero-order valence-corrected chi connectivity index (χ0v) is 17.9. The van der Waals surface area contributed by atoms with Gasteiger partial charge in [0.2, 0.25) is 10.0 Å². The van der Waals surface area contributed by atoms with E-state index < -0.39 is 21.7 Å². The highest BCUT2D eigenvalue weighted by molar-refractivity contribution is 7.90. The van der Waals surface area contributed by atoms with E-state index in [2.05, 4.69) is 10.3 Å². The number of carbonyl (C=O) groups excluding carboxylic acids is 1. The third-order valence-corrected chi connectivity index (χ3v) is 8.17. The molecule has 10 heteroatoms. The maximum atomic E-state index is 13.4. The first-order valence-electron chi connectivity index (χ1n) is 10.2. The molecule has 0 spiro atoms. The first-order chi connectivity index (χ1) is 14.7. The van der Waals surface area contributed by atoms with Crippen LogP contribution in [-0.4, -0.2) is 60.1 Å². The van der Waals surface area contributed by atoms with Crippen molar-refractivity contribution in [1.82, 2.24) is 14.2 Å². The number of nitrogens with one attached hydrogen (secondary N) is 1. The number of urea groups is 1. The Kier molecular flexibility index (Phi) is 7.14. The van der Waals surface area contributed by atoms with E-state index in [4.69, 9.17) is 0 Å². The molecule has 2 amide bonds. The smallest absolute Gasteiger partial charge is 0.321 e. The lowest BCUT2D eigenvalue weighted by molar-refractivity contribution is 0.174. The summed E-state index contributed by atoms with van der Waals surface area (Å²) < 4.78 is 53.0. The highest BCUT2D eigenvalue weighted by Crippen LogP contribution is 2.32. The molecule has 0 atom stereocenters. The van der Waals surface area contributed by atoms with Crippen molar-refractivity contribution >= 4 is 21.7 Å². The molecule has 1 N–H and O–H groups in total. The average molecular weight is 467 g/mol. The van der Waals surface area contributed by atoms with Gasteiger partial charge in [0.05, 0.1) is 22.8 Å². The molecule has 2 aromatic rings. The van der Waals surface area contributed by atoms with Crippen molar-refractivity contribution in [3.05, 3.63) is 48.2 Å². The number of anilines is 1. The summed E-state index contributed by atoms with van der Waals surface area (Å²) in [7, 11) is -1.50. The maximum Gasteiger partial charge on any atom is 0.321 e. The van der Waals surface area contributed by atoms with Crippen LogP contribution in [0.5, 0.6) is 0 Å². The Labute approximate surface area is 187 Å². The van der Waals surface area contributed by atoms with Crippen LogP contribution in [0.1, 0.15) is 33.1 Å². The van der Waals surface area contributed by atoms with E-state index in [1.165, 1.54) is 18.3 Å². The fourth-order valence-electron chi connectivity index (χ4n) is 3.78. The van der Waals surface area contributed by atoms with Crippen molar-refractivity contribution in [1.29, 1.82) is 0 Å². The minimum absolute atomic E-state index is 0. The predicted molar refractivity (Wildman–Crippen MR) is 120 cm³/mol. The Morgan fingerprint density at radius 2 is 1.72 bits per heavy atom. The zero-order chi connectivity index (χ0) is 22.2. The summed E-state index contributed by atoms with van der Waals surface area (Å²) in [6.07, 6.45) is 4.07. The molecular formula is C22H28F2N4O3S. The molecule has 1 saturated heterocycles. The number of nitrogens with zero attached hydrogens (tertiary/aromatic N) is 3. The highest BCUT2D eigenvalue weighted by Gasteiger charge is 2.41. The Morgan fingerprint density at radius 1 is 1.09 bits per heavy atom. The fourth-order valence-corrected chi connectivity index (χ4v) is 5.65. The number of carbonyl (C=O) groups is 1. The molecule has 0 bridgehead atoms. The number of hydrogen-bond donors (Lipinski definition) is 1. The number of pyridine rings is 1. The van der Waals surface area contributed by atoms with Gasteiger partial charge < -0.3 is 10.2 Å². The average Bonchev–Trinajstić information content (AvgIpc) is 3.59. The molecule has 4 rings (SSSR count). The molecule has 2 heterocycles. The molecule has 2 aliphatic rings. The summed E-state index contributed by atoms with van der Waals surface area (Å²) in [4.78, 5) is 18.4. The van der Waals surface area contributed by atoms with E-state index in [1.807, 2.05) is 0 Å². The lowest BCUT2D eigenvalue weighted by Gasteiger charge is -2.36. The van der Waals surface area contributed by atoms with E-state index in [1.54, 1.807) is 28.4 Å². The van der Waals surface area contributed by atoms with E-state index in [0.29, 0.717) is 42.9 Å². The van der Waals surface area contributed by atoms with Crippen LogP contribution in [0.4, 0.5) is 19.3 Å². The first-order valence-corrected chi connectivity index (χ1v) is 11.7. The van der Waals surface area contributed by atoms with E-state index in [-0.39, 0.29) is 24.7 Å². The molecule has 2 fully saturated rings. The number of piperidine rings is 1. The molecule has 1 aromatic carbocycles. The van der Waals surface area contributed by atoms with Gasteiger partial charge in [-0.1, -0.05) is 7.43 Å². The SMILES string of the molecule is C.CN(C(=O)Nc1ccc(-c2cc(F)cc(F)c2)nc1)C1CCN(S(=O)(=O)C2CC2)CC1. The van der Waals surface area contributed by atoms with Gasteiger partial charge in [0.25, 0.3) is 0 Å². The number of hydrogen-bond acceptors (Lipinski definition) is 4. The Balaban J connectivity index is 0.00000289. The monoisotopic (exact) mass is 466 g/mol. The number of sulfonamides is 1. The van der Waals surface area contributed by atoms with Gasteiger partial charge in [0, 0.05) is 37.8 Å². The van der Waals surface area contributed by atoms with Crippen LogP contribution in [0.3, 0.4) is 0 Å². The molecule has 174 valence electrons. The van der Waals surface area contributed by atoms with Crippen LogP contribution >= 0.6 is 0 Å². The molecule has 1 aromatic heterocycles. The van der Waals surface area contributed by atoms with Gasteiger partial charge in [-0.15, -0.1) is 0 Å². The molecule has 7 nitrogen and oxygen atoms in total. The van der Waals surface area contributed by atoms with Crippen LogP contribution in [0.2, 0.25) is 0 Å². The van der Waals surface area contributed by atoms with Crippen LogP contribution in [0.25, 0.3) is 11.3 Å². The second-order valence-electron chi connectivity index (χ2n) is 8.01. The number of benzene rings is 1. The molecule has 0 radical (unpaired) electrons. The fraction of sp³-hybridized carbons (Fsp3) is 0.455. The zero-order valence-electron chi connectivity index (χ0n) is 17.1. The summed E-state index contributed by atoms with van der Waals surface area (Å²) in [6, 6.07) is 5.97. The standard InChI is InChI=1S/C21H24F2N4O3S.CH4/c1-26(18-6-8-27(9-7-18)31(29,30)19-3-4-19)21(28)25-17-2-5-20(24-13-17)14-10-15(22)12-16(23)11-14;/h2,5,10-13,18-19H,3-4,6-9H2,1H3,(H,25,28);1H4. The highest BCUT2D eigenvalue weighted by atomic mass is 32.2. The number of halogens is 2. The lowest BCUT2D eigenvalue weighted by atomic mass is 10.1. The first kappa shape index (κ1) is 24.1. The summed E-state index contributed by atoms with van der Waals surface area (Å²) in [5.74, 6) is -1.38. The third kappa shape index (κ3) is 5.24. The second kappa shape index (κ2) is 9.50. The van der Waals surface area contributed by atoms with Gasteiger partial charge in [-0.25, -0.2) is 26.3 Å². The summed E-state index contributed by atoms with van der Waals surface area (Å²) >= 11 is 0. The van der Waals surface area contributed by atoms with Crippen molar-refractivity contribution in [3.8, 4) is 11.3 Å². The topological polar surface area (TPSA) is 82.6 Å². The quantitative estimate of drug-likeness (QED) is 0.720. The lowest BCUT2D eigenvalue weighted by Crippen LogP contribution is -2.48. The van der Waals surface area contributed by atoms with Gasteiger partial charge >= 0.3 is 6.03 Å². The molecule has 1 aliphatic carbocycles.